The van der Waals surface area contributed by atoms with Gasteiger partial charge in [0.2, 0.25) is 0 Å². The minimum Gasteiger partial charge on any atom is -0.454 e. The van der Waals surface area contributed by atoms with E-state index in [1.807, 2.05) is 6.07 Å². The molecule has 13 aromatic rings. The van der Waals surface area contributed by atoms with Gasteiger partial charge in [0, 0.05) is 38.6 Å². The maximum Gasteiger partial charge on any atom is 0.159 e. The van der Waals surface area contributed by atoms with Gasteiger partial charge in [-0.15, -0.1) is 0 Å². The number of nitrogens with zero attached hydrogens (tertiary/aromatic N) is 2. The molecule has 11 aromatic carbocycles. The molecule has 2 heterocycles. The third-order valence-electron chi connectivity index (χ3n) is 13.6. The van der Waals surface area contributed by atoms with Crippen LogP contribution < -0.4 is 4.90 Å². The van der Waals surface area contributed by atoms with E-state index in [-0.39, 0.29) is 0 Å². The fourth-order valence-corrected chi connectivity index (χ4v) is 10.3. The Morgan fingerprint density at radius 1 is 0.290 bits per heavy atom. The first-order chi connectivity index (χ1) is 34.2. The quantitative estimate of drug-likeness (QED) is 0.144. The van der Waals surface area contributed by atoms with Crippen molar-refractivity contribution in [1.29, 1.82) is 0 Å². The summed E-state index contributed by atoms with van der Waals surface area (Å²) in [6.07, 6.45) is 0. The minimum absolute atomic E-state index is 0.889. The van der Waals surface area contributed by atoms with Gasteiger partial charge in [0.1, 0.15) is 5.58 Å². The summed E-state index contributed by atoms with van der Waals surface area (Å²) in [5.74, 6) is 0. The van der Waals surface area contributed by atoms with Gasteiger partial charge in [-0.3, -0.25) is 0 Å². The fraction of sp³-hybridized carbons (Fsp3) is 0. The molecule has 69 heavy (non-hydrogen) atoms. The first-order valence-corrected chi connectivity index (χ1v) is 23.6. The van der Waals surface area contributed by atoms with E-state index in [1.165, 1.54) is 49.7 Å². The molecule has 324 valence electrons. The van der Waals surface area contributed by atoms with Crippen LogP contribution in [0.4, 0.5) is 17.1 Å². The summed E-state index contributed by atoms with van der Waals surface area (Å²) in [5.41, 5.74) is 20.2. The third-order valence-corrected chi connectivity index (χ3v) is 13.6. The van der Waals surface area contributed by atoms with Crippen LogP contribution in [0.5, 0.6) is 0 Å². The lowest BCUT2D eigenvalue weighted by Gasteiger charge is -2.26. The zero-order chi connectivity index (χ0) is 45.7. The van der Waals surface area contributed by atoms with Gasteiger partial charge < -0.3 is 13.9 Å². The zero-order valence-electron chi connectivity index (χ0n) is 37.7. The lowest BCUT2D eigenvalue weighted by molar-refractivity contribution is 0.666. The lowest BCUT2D eigenvalue weighted by Crippen LogP contribution is -2.10. The highest BCUT2D eigenvalue weighted by molar-refractivity contribution is 6.17. The molecule has 0 unspecified atom stereocenters. The maximum atomic E-state index is 6.61. The molecular weight excluding hydrogens is 837 g/mol. The molecule has 0 aliphatic rings. The van der Waals surface area contributed by atoms with Crippen molar-refractivity contribution in [1.82, 2.24) is 4.57 Å². The van der Waals surface area contributed by atoms with Crippen molar-refractivity contribution in [3.63, 3.8) is 0 Å². The second-order valence-electron chi connectivity index (χ2n) is 17.7. The van der Waals surface area contributed by atoms with Crippen molar-refractivity contribution in [3.05, 3.63) is 267 Å². The molecule has 13 rings (SSSR count). The first-order valence-electron chi connectivity index (χ1n) is 23.6. The van der Waals surface area contributed by atoms with Crippen LogP contribution in [0.2, 0.25) is 0 Å². The molecule has 0 bridgehead atoms. The van der Waals surface area contributed by atoms with E-state index in [0.717, 1.165) is 72.4 Å². The molecule has 0 amide bonds. The second kappa shape index (κ2) is 16.9. The van der Waals surface area contributed by atoms with Gasteiger partial charge >= 0.3 is 0 Å². The molecule has 0 spiro atoms. The molecule has 0 radical (unpaired) electrons. The van der Waals surface area contributed by atoms with Crippen molar-refractivity contribution in [2.75, 3.05) is 4.90 Å². The summed E-state index contributed by atoms with van der Waals surface area (Å²) >= 11 is 0. The molecule has 0 aliphatic carbocycles. The number of fused-ring (bicyclic) bond motifs is 6. The van der Waals surface area contributed by atoms with E-state index >= 15 is 0 Å². The Hall–Kier alpha value is -9.18. The summed E-state index contributed by atoms with van der Waals surface area (Å²) < 4.78 is 8.98. The Kier molecular flexibility index (Phi) is 9.84. The molecular formula is C66H44N2O. The topological polar surface area (TPSA) is 21.3 Å². The third kappa shape index (κ3) is 7.16. The van der Waals surface area contributed by atoms with Crippen molar-refractivity contribution in [2.45, 2.75) is 0 Å². The van der Waals surface area contributed by atoms with Crippen molar-refractivity contribution < 1.29 is 4.42 Å². The van der Waals surface area contributed by atoms with Gasteiger partial charge in [-0.2, -0.15) is 0 Å². The van der Waals surface area contributed by atoms with Crippen molar-refractivity contribution >= 4 is 60.8 Å². The van der Waals surface area contributed by atoms with Crippen molar-refractivity contribution in [3.8, 4) is 61.3 Å². The molecule has 0 atom stereocenters. The van der Waals surface area contributed by atoms with E-state index in [2.05, 4.69) is 270 Å². The number of anilines is 3. The smallest absolute Gasteiger partial charge is 0.159 e. The Morgan fingerprint density at radius 3 is 1.42 bits per heavy atom. The monoisotopic (exact) mass is 880 g/mol. The number of para-hydroxylation sites is 3. The average Bonchev–Trinajstić information content (AvgIpc) is 3.98. The fourth-order valence-electron chi connectivity index (χ4n) is 10.3. The molecule has 0 saturated carbocycles. The summed E-state index contributed by atoms with van der Waals surface area (Å²) in [6.45, 7) is 0. The second-order valence-corrected chi connectivity index (χ2v) is 17.7. The lowest BCUT2D eigenvalue weighted by atomic mass is 9.95. The van der Waals surface area contributed by atoms with Crippen LogP contribution in [0.1, 0.15) is 0 Å². The minimum atomic E-state index is 0.889. The highest BCUT2D eigenvalue weighted by Crippen LogP contribution is 2.43. The molecule has 2 aromatic heterocycles. The Balaban J connectivity index is 0.890. The van der Waals surface area contributed by atoms with E-state index in [0.29, 0.717) is 0 Å². The maximum absolute atomic E-state index is 6.61. The van der Waals surface area contributed by atoms with Crippen LogP contribution >= 0.6 is 0 Å². The summed E-state index contributed by atoms with van der Waals surface area (Å²) in [5, 5.41) is 4.66. The van der Waals surface area contributed by atoms with Crippen LogP contribution in [0.25, 0.3) is 105 Å². The zero-order valence-corrected chi connectivity index (χ0v) is 37.7. The van der Waals surface area contributed by atoms with Gasteiger partial charge in [-0.25, -0.2) is 0 Å². The highest BCUT2D eigenvalue weighted by atomic mass is 16.3. The average molecular weight is 881 g/mol. The standard InChI is InChI=1S/C66H44N2O/c1-3-15-45(16-4-1)47-31-33-48(34-32-47)50-37-41-55(42-38-50)67(54-39-35-49(36-40-54)46-17-5-2-6-18-46)56-22-12-20-52(44-56)51-19-11-21-53(43-51)57-25-13-28-62-65(57)60-24-7-9-27-61(60)68(62)63-29-14-26-59-58-23-8-10-30-64(58)69-66(59)63/h1-44H. The molecule has 0 fully saturated rings. The molecule has 3 heteroatoms. The molecule has 0 aliphatic heterocycles. The molecule has 3 nitrogen and oxygen atoms in total. The van der Waals surface area contributed by atoms with E-state index in [4.69, 9.17) is 4.42 Å². The van der Waals surface area contributed by atoms with Crippen molar-refractivity contribution in [2.24, 2.45) is 0 Å². The number of hydrogen-bond donors (Lipinski definition) is 0. The Bertz CT molecular complexity index is 3980. The number of aromatic nitrogens is 1. The van der Waals surface area contributed by atoms with Crippen LogP contribution in [0.3, 0.4) is 0 Å². The SMILES string of the molecule is c1ccc(-c2ccc(-c3ccc(N(c4ccc(-c5ccccc5)cc4)c4cccc(-c5cccc(-c6cccc7c6c6ccccc6n7-c6cccc7c6oc6ccccc67)c5)c4)cc3)cc2)cc1. The Labute approximate surface area is 401 Å². The van der Waals surface area contributed by atoms with Gasteiger partial charge in [0.15, 0.2) is 5.58 Å². The first kappa shape index (κ1) is 40.1. The number of rotatable bonds is 9. The predicted molar refractivity (Wildman–Crippen MR) is 290 cm³/mol. The molecule has 0 N–H and O–H groups in total. The van der Waals surface area contributed by atoms with Gasteiger partial charge in [-0.05, 0) is 122 Å². The number of hydrogen-bond acceptors (Lipinski definition) is 2. The van der Waals surface area contributed by atoms with Crippen LogP contribution in [0, 0.1) is 0 Å². The summed E-state index contributed by atoms with van der Waals surface area (Å²) in [7, 11) is 0. The van der Waals surface area contributed by atoms with Crippen LogP contribution in [0.15, 0.2) is 271 Å². The normalized spacial score (nSPS) is 11.5. The van der Waals surface area contributed by atoms with E-state index < -0.39 is 0 Å². The Morgan fingerprint density at radius 2 is 0.754 bits per heavy atom. The molecule has 0 saturated heterocycles. The number of benzene rings is 11. The summed E-state index contributed by atoms with van der Waals surface area (Å²) in [6, 6.07) is 96.0. The predicted octanol–water partition coefficient (Wildman–Crippen LogP) is 18.5. The van der Waals surface area contributed by atoms with E-state index in [1.54, 1.807) is 0 Å². The largest absolute Gasteiger partial charge is 0.454 e. The van der Waals surface area contributed by atoms with Gasteiger partial charge in [0.25, 0.3) is 0 Å². The van der Waals surface area contributed by atoms with Gasteiger partial charge in [-0.1, -0.05) is 200 Å². The van der Waals surface area contributed by atoms with E-state index in [9.17, 15) is 0 Å². The van der Waals surface area contributed by atoms with Gasteiger partial charge in [0.05, 0.1) is 16.7 Å². The van der Waals surface area contributed by atoms with Crippen LogP contribution in [-0.2, 0) is 0 Å². The highest BCUT2D eigenvalue weighted by Gasteiger charge is 2.20. The van der Waals surface area contributed by atoms with Crippen LogP contribution in [-0.4, -0.2) is 4.57 Å². The number of furan rings is 1. The summed E-state index contributed by atoms with van der Waals surface area (Å²) in [4.78, 5) is 2.36.